The van der Waals surface area contributed by atoms with Crippen molar-refractivity contribution in [2.75, 3.05) is 12.4 Å². The van der Waals surface area contributed by atoms with Crippen LogP contribution in [0.2, 0.25) is 0 Å². The summed E-state index contributed by atoms with van der Waals surface area (Å²) in [6.45, 7) is 4.21. The van der Waals surface area contributed by atoms with Crippen LogP contribution in [0.15, 0.2) is 35.5 Å². The third-order valence-corrected chi connectivity index (χ3v) is 5.15. The van der Waals surface area contributed by atoms with Crippen molar-refractivity contribution in [3.63, 3.8) is 0 Å². The van der Waals surface area contributed by atoms with Crippen LogP contribution in [0.25, 0.3) is 0 Å². The number of hydrogen-bond donors (Lipinski definition) is 1. The van der Waals surface area contributed by atoms with Crippen LogP contribution in [-0.4, -0.2) is 39.1 Å². The predicted octanol–water partition coefficient (Wildman–Crippen LogP) is 2.43. The first kappa shape index (κ1) is 17.9. The van der Waals surface area contributed by atoms with Crippen LogP contribution in [0.4, 0.5) is 0 Å². The molecule has 1 aliphatic heterocycles. The molecule has 1 atom stereocenters. The second kappa shape index (κ2) is 9.01. The van der Waals surface area contributed by atoms with Gasteiger partial charge >= 0.3 is 0 Å². The number of hydrogen-bond acceptors (Lipinski definition) is 5. The number of amides is 1. The summed E-state index contributed by atoms with van der Waals surface area (Å²) in [5.74, 6) is 1.28. The molecule has 3 rings (SSSR count). The summed E-state index contributed by atoms with van der Waals surface area (Å²) in [6, 6.07) is 9.90. The van der Waals surface area contributed by atoms with E-state index >= 15 is 0 Å². The zero-order valence-corrected chi connectivity index (χ0v) is 15.3. The van der Waals surface area contributed by atoms with Gasteiger partial charge in [-0.15, -0.1) is 10.2 Å². The third kappa shape index (κ3) is 5.06. The van der Waals surface area contributed by atoms with Gasteiger partial charge in [0.1, 0.15) is 5.82 Å². The van der Waals surface area contributed by atoms with E-state index < -0.39 is 0 Å². The summed E-state index contributed by atoms with van der Waals surface area (Å²) in [5, 5.41) is 12.2. The molecule has 1 aliphatic rings. The van der Waals surface area contributed by atoms with Gasteiger partial charge in [-0.2, -0.15) is 0 Å². The molecule has 134 valence electrons. The molecule has 2 aromatic rings. The maximum absolute atomic E-state index is 12.1. The van der Waals surface area contributed by atoms with Crippen LogP contribution in [-0.2, 0) is 29.0 Å². The predicted molar refractivity (Wildman–Crippen MR) is 97.4 cm³/mol. The molecule has 1 fully saturated rings. The molecule has 1 unspecified atom stereocenters. The van der Waals surface area contributed by atoms with Gasteiger partial charge in [-0.1, -0.05) is 49.0 Å². The average molecular weight is 360 g/mol. The Morgan fingerprint density at radius 3 is 2.92 bits per heavy atom. The lowest BCUT2D eigenvalue weighted by molar-refractivity contribution is -0.118. The van der Waals surface area contributed by atoms with Gasteiger partial charge in [-0.25, -0.2) is 0 Å². The molecule has 25 heavy (non-hydrogen) atoms. The van der Waals surface area contributed by atoms with Crippen LogP contribution in [0, 0.1) is 0 Å². The number of carbonyl (C=O) groups is 1. The monoisotopic (exact) mass is 360 g/mol. The molecule has 7 heteroatoms. The van der Waals surface area contributed by atoms with Gasteiger partial charge in [-0.05, 0) is 18.4 Å². The molecule has 0 saturated carbocycles. The number of nitrogens with one attached hydrogen (secondary N) is 1. The van der Waals surface area contributed by atoms with E-state index in [0.717, 1.165) is 49.0 Å². The van der Waals surface area contributed by atoms with Crippen molar-refractivity contribution < 1.29 is 9.53 Å². The number of rotatable bonds is 8. The molecule has 1 aromatic carbocycles. The Bertz CT molecular complexity index is 684. The Labute approximate surface area is 152 Å². The molecule has 1 aromatic heterocycles. The van der Waals surface area contributed by atoms with E-state index in [2.05, 4.69) is 27.0 Å². The lowest BCUT2D eigenvalue weighted by Gasteiger charge is -2.14. The SMILES string of the molecule is CCc1nnc(SCC(=O)NCc2ccccc2)n1CC1CCCO1. The second-order valence-electron chi connectivity index (χ2n) is 6.05. The molecule has 2 heterocycles. The minimum Gasteiger partial charge on any atom is -0.376 e. The minimum atomic E-state index is -0.00133. The van der Waals surface area contributed by atoms with E-state index in [0.29, 0.717) is 12.3 Å². The van der Waals surface area contributed by atoms with E-state index in [-0.39, 0.29) is 12.0 Å². The number of thioether (sulfide) groups is 1. The van der Waals surface area contributed by atoms with Crippen molar-refractivity contribution >= 4 is 17.7 Å². The van der Waals surface area contributed by atoms with Gasteiger partial charge in [0.05, 0.1) is 18.4 Å². The number of benzene rings is 1. The van der Waals surface area contributed by atoms with E-state index in [4.69, 9.17) is 4.74 Å². The van der Waals surface area contributed by atoms with E-state index in [1.54, 1.807) is 0 Å². The standard InChI is InChI=1S/C18H24N4O2S/c1-2-16-20-21-18(22(16)12-15-9-6-10-24-15)25-13-17(23)19-11-14-7-4-3-5-8-14/h3-5,7-8,15H,2,6,9-13H2,1H3,(H,19,23). The van der Waals surface area contributed by atoms with Crippen molar-refractivity contribution in [2.45, 2.75) is 50.5 Å². The normalized spacial score (nSPS) is 16.9. The maximum atomic E-state index is 12.1. The molecule has 6 nitrogen and oxygen atoms in total. The van der Waals surface area contributed by atoms with Crippen LogP contribution in [0.5, 0.6) is 0 Å². The van der Waals surface area contributed by atoms with Gasteiger partial charge in [0.2, 0.25) is 5.91 Å². The maximum Gasteiger partial charge on any atom is 0.230 e. The first-order chi connectivity index (χ1) is 12.3. The van der Waals surface area contributed by atoms with Gasteiger partial charge < -0.3 is 14.6 Å². The molecule has 1 amide bonds. The van der Waals surface area contributed by atoms with Crippen molar-refractivity contribution in [2.24, 2.45) is 0 Å². The first-order valence-electron chi connectivity index (χ1n) is 8.73. The number of carbonyl (C=O) groups excluding carboxylic acids is 1. The van der Waals surface area contributed by atoms with Gasteiger partial charge in [-0.3, -0.25) is 4.79 Å². The van der Waals surface area contributed by atoms with Crippen molar-refractivity contribution in [1.29, 1.82) is 0 Å². The highest BCUT2D eigenvalue weighted by Crippen LogP contribution is 2.21. The lowest BCUT2D eigenvalue weighted by atomic mass is 10.2. The summed E-state index contributed by atoms with van der Waals surface area (Å²) in [7, 11) is 0. The Balaban J connectivity index is 1.53. The summed E-state index contributed by atoms with van der Waals surface area (Å²) in [6.07, 6.45) is 3.23. The highest BCUT2D eigenvalue weighted by Gasteiger charge is 2.20. The zero-order valence-electron chi connectivity index (χ0n) is 14.5. The quantitative estimate of drug-likeness (QED) is 0.732. The van der Waals surface area contributed by atoms with Gasteiger partial charge in [0.25, 0.3) is 0 Å². The fourth-order valence-corrected chi connectivity index (χ4v) is 3.64. The topological polar surface area (TPSA) is 69.0 Å². The largest absolute Gasteiger partial charge is 0.376 e. The van der Waals surface area contributed by atoms with Gasteiger partial charge in [0.15, 0.2) is 5.16 Å². The minimum absolute atomic E-state index is 0.00133. The lowest BCUT2D eigenvalue weighted by Crippen LogP contribution is -2.25. The number of nitrogens with zero attached hydrogens (tertiary/aromatic N) is 3. The van der Waals surface area contributed by atoms with Crippen LogP contribution < -0.4 is 5.32 Å². The van der Waals surface area contributed by atoms with Gasteiger partial charge in [0, 0.05) is 19.6 Å². The second-order valence-corrected chi connectivity index (χ2v) is 6.99. The number of ether oxygens (including phenoxy) is 1. The number of aryl methyl sites for hydroxylation is 1. The van der Waals surface area contributed by atoms with E-state index in [1.165, 1.54) is 11.8 Å². The Kier molecular flexibility index (Phi) is 6.47. The first-order valence-corrected chi connectivity index (χ1v) is 9.72. The van der Waals surface area contributed by atoms with Crippen LogP contribution >= 0.6 is 11.8 Å². The molecule has 1 saturated heterocycles. The summed E-state index contributed by atoms with van der Waals surface area (Å²) in [5.41, 5.74) is 1.09. The van der Waals surface area contributed by atoms with Crippen molar-refractivity contribution in [3.8, 4) is 0 Å². The zero-order chi connectivity index (χ0) is 17.5. The summed E-state index contributed by atoms with van der Waals surface area (Å²) in [4.78, 5) is 12.1. The third-order valence-electron chi connectivity index (χ3n) is 4.18. The van der Waals surface area contributed by atoms with Crippen molar-refractivity contribution in [3.05, 3.63) is 41.7 Å². The smallest absolute Gasteiger partial charge is 0.230 e. The molecule has 0 aliphatic carbocycles. The summed E-state index contributed by atoms with van der Waals surface area (Å²) >= 11 is 1.43. The average Bonchev–Trinajstić information content (AvgIpc) is 3.29. The molecular weight excluding hydrogens is 336 g/mol. The van der Waals surface area contributed by atoms with Crippen LogP contribution in [0.3, 0.4) is 0 Å². The summed E-state index contributed by atoms with van der Waals surface area (Å²) < 4.78 is 7.83. The molecule has 1 N–H and O–H groups in total. The highest BCUT2D eigenvalue weighted by molar-refractivity contribution is 7.99. The fourth-order valence-electron chi connectivity index (χ4n) is 2.84. The Morgan fingerprint density at radius 1 is 1.36 bits per heavy atom. The Hall–Kier alpha value is -1.86. The molecule has 0 radical (unpaired) electrons. The van der Waals surface area contributed by atoms with E-state index in [9.17, 15) is 4.79 Å². The molecular formula is C18H24N4O2S. The van der Waals surface area contributed by atoms with E-state index in [1.807, 2.05) is 30.3 Å². The number of aromatic nitrogens is 3. The van der Waals surface area contributed by atoms with Crippen LogP contribution in [0.1, 0.15) is 31.2 Å². The fraction of sp³-hybridized carbons (Fsp3) is 0.500. The highest BCUT2D eigenvalue weighted by atomic mass is 32.2. The van der Waals surface area contributed by atoms with Crippen molar-refractivity contribution in [1.82, 2.24) is 20.1 Å². The Morgan fingerprint density at radius 2 is 2.20 bits per heavy atom. The molecule has 0 bridgehead atoms. The molecule has 0 spiro atoms.